The molecule has 4 aliphatic rings. The van der Waals surface area contributed by atoms with E-state index in [1.165, 1.54) is 24.0 Å². The Morgan fingerprint density at radius 3 is 2.83 bits per heavy atom. The van der Waals surface area contributed by atoms with Gasteiger partial charge in [-0.15, -0.1) is 0 Å². The van der Waals surface area contributed by atoms with Gasteiger partial charge in [-0.05, 0) is 62.3 Å². The van der Waals surface area contributed by atoms with Crippen LogP contribution < -0.4 is 4.90 Å². The predicted octanol–water partition coefficient (Wildman–Crippen LogP) is 3.37. The molecular weight excluding hydrogens is 482 g/mol. The lowest BCUT2D eigenvalue weighted by Gasteiger charge is -2.36. The van der Waals surface area contributed by atoms with Crippen LogP contribution in [0.4, 0.5) is 5.82 Å². The Balaban J connectivity index is 1.25. The van der Waals surface area contributed by atoms with E-state index >= 15 is 0 Å². The number of imidazole rings is 1. The summed E-state index contributed by atoms with van der Waals surface area (Å²) in [5.74, 6) is -0.0140. The minimum absolute atomic E-state index is 0.123. The topological polar surface area (TPSA) is 94.8 Å². The van der Waals surface area contributed by atoms with Crippen molar-refractivity contribution < 1.29 is 19.3 Å². The molecule has 5 heterocycles. The number of anilines is 1. The van der Waals surface area contributed by atoms with Gasteiger partial charge in [0.25, 0.3) is 0 Å². The van der Waals surface area contributed by atoms with Crippen LogP contribution in [-0.2, 0) is 26.0 Å². The summed E-state index contributed by atoms with van der Waals surface area (Å²) in [5.41, 5.74) is 4.34. The van der Waals surface area contributed by atoms with Gasteiger partial charge in [-0.3, -0.25) is 4.57 Å². The van der Waals surface area contributed by atoms with Crippen molar-refractivity contribution >= 4 is 28.6 Å². The molecule has 5 atom stereocenters. The summed E-state index contributed by atoms with van der Waals surface area (Å²) >= 11 is 6.48. The van der Waals surface area contributed by atoms with Crippen molar-refractivity contribution in [2.75, 3.05) is 24.6 Å². The summed E-state index contributed by atoms with van der Waals surface area (Å²) in [7, 11) is 0. The van der Waals surface area contributed by atoms with E-state index in [0.717, 1.165) is 31.7 Å². The van der Waals surface area contributed by atoms with Crippen molar-refractivity contribution in [2.24, 2.45) is 0 Å². The van der Waals surface area contributed by atoms with Gasteiger partial charge in [0.2, 0.25) is 5.28 Å². The number of benzene rings is 1. The van der Waals surface area contributed by atoms with Gasteiger partial charge in [-0.1, -0.05) is 24.3 Å². The largest absolute Gasteiger partial charge is 0.394 e. The van der Waals surface area contributed by atoms with Gasteiger partial charge in [-0.25, -0.2) is 4.98 Å². The minimum Gasteiger partial charge on any atom is -0.394 e. The fraction of sp³-hybridized carbons (Fsp3) is 0.577. The van der Waals surface area contributed by atoms with E-state index in [0.29, 0.717) is 11.2 Å². The number of hydrogen-bond donors (Lipinski definition) is 1. The number of hydrogen-bond acceptors (Lipinski definition) is 8. The highest BCUT2D eigenvalue weighted by molar-refractivity contribution is 6.28. The third kappa shape index (κ3) is 3.40. The number of aliphatic hydroxyl groups excluding tert-OH is 1. The molecule has 0 saturated carbocycles. The number of halogens is 1. The van der Waals surface area contributed by atoms with Crippen LogP contribution in [-0.4, -0.2) is 68.4 Å². The maximum atomic E-state index is 9.90. The van der Waals surface area contributed by atoms with Crippen LogP contribution in [0.1, 0.15) is 50.5 Å². The van der Waals surface area contributed by atoms with E-state index < -0.39 is 24.2 Å². The molecule has 36 heavy (non-hydrogen) atoms. The number of fused-ring (bicyclic) bond motifs is 4. The Hall–Kier alpha value is -2.30. The Morgan fingerprint density at radius 1 is 1.14 bits per heavy atom. The van der Waals surface area contributed by atoms with Crippen molar-refractivity contribution in [3.8, 4) is 0 Å². The van der Waals surface area contributed by atoms with Crippen LogP contribution in [0.15, 0.2) is 30.6 Å². The molecule has 2 unspecified atom stereocenters. The lowest BCUT2D eigenvalue weighted by Crippen LogP contribution is -2.35. The summed E-state index contributed by atoms with van der Waals surface area (Å²) in [6, 6.07) is 8.86. The lowest BCUT2D eigenvalue weighted by molar-refractivity contribution is -0.199. The number of aliphatic hydroxyl groups is 1. The van der Waals surface area contributed by atoms with Crippen molar-refractivity contribution in [3.05, 3.63) is 47.0 Å². The molecule has 0 bridgehead atoms. The van der Waals surface area contributed by atoms with Crippen LogP contribution in [0.25, 0.3) is 11.2 Å². The maximum Gasteiger partial charge on any atom is 0.226 e. The molecule has 3 saturated heterocycles. The maximum absolute atomic E-state index is 9.90. The zero-order valence-corrected chi connectivity index (χ0v) is 21.2. The van der Waals surface area contributed by atoms with Gasteiger partial charge >= 0.3 is 0 Å². The number of ether oxygens (including phenoxy) is 3. The van der Waals surface area contributed by atoms with Crippen LogP contribution >= 0.6 is 11.6 Å². The SMILES string of the molecule is CC1(C)OC2[C@@H](O1)[C@@H](CO)O[C@H]2n1cnc2c(N3CCC4(CCCc5ccccc54)C3)nc(Cl)nc21. The number of aryl methyl sites for hydroxylation is 1. The molecule has 3 aliphatic heterocycles. The molecule has 1 aliphatic carbocycles. The van der Waals surface area contributed by atoms with Crippen LogP contribution in [0.2, 0.25) is 5.28 Å². The number of aromatic nitrogens is 4. The van der Waals surface area contributed by atoms with Gasteiger partial charge in [0, 0.05) is 18.5 Å². The van der Waals surface area contributed by atoms with Crippen molar-refractivity contribution in [1.82, 2.24) is 19.5 Å². The molecule has 3 aromatic rings. The first-order valence-corrected chi connectivity index (χ1v) is 13.1. The molecule has 0 amide bonds. The molecule has 1 N–H and O–H groups in total. The Labute approximate surface area is 214 Å². The number of rotatable bonds is 3. The lowest BCUT2D eigenvalue weighted by atomic mass is 9.69. The minimum atomic E-state index is -0.765. The Kier molecular flexibility index (Phi) is 5.14. The molecule has 1 aromatic carbocycles. The first-order chi connectivity index (χ1) is 17.4. The van der Waals surface area contributed by atoms with Crippen molar-refractivity contribution in [3.63, 3.8) is 0 Å². The highest BCUT2D eigenvalue weighted by Gasteiger charge is 2.56. The quantitative estimate of drug-likeness (QED) is 0.535. The molecule has 3 fully saturated rings. The monoisotopic (exact) mass is 511 g/mol. The molecule has 10 heteroatoms. The second-order valence-corrected chi connectivity index (χ2v) is 11.3. The van der Waals surface area contributed by atoms with Gasteiger partial charge in [0.1, 0.15) is 18.3 Å². The van der Waals surface area contributed by atoms with Crippen molar-refractivity contribution in [1.29, 1.82) is 0 Å². The van der Waals surface area contributed by atoms with Crippen molar-refractivity contribution in [2.45, 2.75) is 75.3 Å². The smallest absolute Gasteiger partial charge is 0.226 e. The summed E-state index contributed by atoms with van der Waals surface area (Å²) in [4.78, 5) is 16.2. The fourth-order valence-electron chi connectivity index (χ4n) is 6.80. The summed E-state index contributed by atoms with van der Waals surface area (Å²) in [6.07, 6.45) is 4.46. The molecule has 7 rings (SSSR count). The Morgan fingerprint density at radius 2 is 1.97 bits per heavy atom. The van der Waals surface area contributed by atoms with E-state index in [1.807, 2.05) is 18.4 Å². The fourth-order valence-corrected chi connectivity index (χ4v) is 6.96. The Bertz CT molecular complexity index is 1330. The van der Waals surface area contributed by atoms with Gasteiger partial charge in [0.05, 0.1) is 12.9 Å². The molecule has 190 valence electrons. The standard InChI is InChI=1S/C26H30ClN5O4/c1-25(2)35-19-17(12-33)34-23(20(19)36-25)32-14-28-18-21(29-24(27)30-22(18)32)31-11-10-26(13-31)9-5-7-15-6-3-4-8-16(15)26/h3-4,6,8,14,17,19-20,23,33H,5,7,9-13H2,1-2H3/t17-,19+,20?,23-,26?/m1/s1. The first kappa shape index (κ1) is 22.9. The molecular formula is C26H30ClN5O4. The van der Waals surface area contributed by atoms with Crippen LogP contribution in [0.3, 0.4) is 0 Å². The summed E-state index contributed by atoms with van der Waals surface area (Å²) in [5, 5.41) is 10.1. The summed E-state index contributed by atoms with van der Waals surface area (Å²) < 4.78 is 20.2. The van der Waals surface area contributed by atoms with E-state index in [-0.39, 0.29) is 23.4 Å². The van der Waals surface area contributed by atoms with E-state index in [4.69, 9.17) is 30.8 Å². The molecule has 2 aromatic heterocycles. The summed E-state index contributed by atoms with van der Waals surface area (Å²) in [6.45, 7) is 5.33. The normalized spacial score (nSPS) is 32.9. The molecule has 0 radical (unpaired) electrons. The zero-order chi connectivity index (χ0) is 24.7. The highest BCUT2D eigenvalue weighted by atomic mass is 35.5. The van der Waals surface area contributed by atoms with Gasteiger partial charge in [0.15, 0.2) is 29.0 Å². The van der Waals surface area contributed by atoms with E-state index in [1.54, 1.807) is 6.33 Å². The zero-order valence-electron chi connectivity index (χ0n) is 20.4. The number of nitrogens with zero attached hydrogens (tertiary/aromatic N) is 5. The first-order valence-electron chi connectivity index (χ1n) is 12.7. The second kappa shape index (κ2) is 8.10. The highest BCUT2D eigenvalue weighted by Crippen LogP contribution is 2.47. The van der Waals surface area contributed by atoms with Crippen LogP contribution in [0, 0.1) is 0 Å². The average Bonchev–Trinajstić information content (AvgIpc) is 3.61. The second-order valence-electron chi connectivity index (χ2n) is 10.9. The third-order valence-corrected chi connectivity index (χ3v) is 8.47. The van der Waals surface area contributed by atoms with Crippen LogP contribution in [0.5, 0.6) is 0 Å². The molecule has 9 nitrogen and oxygen atoms in total. The van der Waals surface area contributed by atoms with Gasteiger partial charge < -0.3 is 24.2 Å². The third-order valence-electron chi connectivity index (χ3n) is 8.30. The average molecular weight is 512 g/mol. The molecule has 1 spiro atoms. The van der Waals surface area contributed by atoms with E-state index in [2.05, 4.69) is 39.1 Å². The van der Waals surface area contributed by atoms with E-state index in [9.17, 15) is 5.11 Å². The van der Waals surface area contributed by atoms with Gasteiger partial charge in [-0.2, -0.15) is 9.97 Å². The predicted molar refractivity (Wildman–Crippen MR) is 133 cm³/mol.